The second kappa shape index (κ2) is 7.34. The van der Waals surface area contributed by atoms with Crippen LogP contribution in [-0.4, -0.2) is 49.4 Å². The summed E-state index contributed by atoms with van der Waals surface area (Å²) in [6, 6.07) is 4.85. The van der Waals surface area contributed by atoms with Crippen LogP contribution in [0.3, 0.4) is 0 Å². The van der Waals surface area contributed by atoms with E-state index in [0.29, 0.717) is 11.5 Å². The lowest BCUT2D eigenvalue weighted by Gasteiger charge is -2.34. The topological polar surface area (TPSA) is 23.6 Å². The zero-order valence-corrected chi connectivity index (χ0v) is 13.6. The number of rotatable bonds is 4. The molecule has 23 heavy (non-hydrogen) atoms. The van der Waals surface area contributed by atoms with Gasteiger partial charge in [-0.2, -0.15) is 13.2 Å². The van der Waals surface area contributed by atoms with Crippen molar-refractivity contribution in [3.8, 4) is 0 Å². The Morgan fingerprint density at radius 3 is 2.48 bits per heavy atom. The van der Waals surface area contributed by atoms with Crippen molar-refractivity contribution in [3.63, 3.8) is 0 Å². The van der Waals surface area contributed by atoms with E-state index in [9.17, 15) is 18.0 Å². The largest absolute Gasteiger partial charge is 0.416 e. The third-order valence-electron chi connectivity index (χ3n) is 4.13. The van der Waals surface area contributed by atoms with Crippen molar-refractivity contribution in [2.24, 2.45) is 5.92 Å². The summed E-state index contributed by atoms with van der Waals surface area (Å²) in [7, 11) is 4.03. The molecule has 0 radical (unpaired) electrons. The van der Waals surface area contributed by atoms with Crippen molar-refractivity contribution in [2.45, 2.75) is 25.4 Å². The Balaban J connectivity index is 1.93. The molecule has 2 rings (SSSR count). The molecule has 128 valence electrons. The summed E-state index contributed by atoms with van der Waals surface area (Å²) in [5, 5.41) is 0. The highest BCUT2D eigenvalue weighted by molar-refractivity contribution is 5.78. The number of carbonyl (C=O) groups is 1. The van der Waals surface area contributed by atoms with Crippen LogP contribution in [0, 0.1) is 5.92 Å². The van der Waals surface area contributed by atoms with Crippen LogP contribution in [0.1, 0.15) is 24.0 Å². The highest BCUT2D eigenvalue weighted by Crippen LogP contribution is 2.29. The molecule has 1 heterocycles. The van der Waals surface area contributed by atoms with Gasteiger partial charge in [0.05, 0.1) is 12.0 Å². The van der Waals surface area contributed by atoms with E-state index in [-0.39, 0.29) is 12.3 Å². The van der Waals surface area contributed by atoms with Gasteiger partial charge in [0.1, 0.15) is 0 Å². The summed E-state index contributed by atoms with van der Waals surface area (Å²) in [5.41, 5.74) is -0.0598. The highest BCUT2D eigenvalue weighted by atomic mass is 19.4. The number of piperidine rings is 1. The molecule has 1 fully saturated rings. The molecule has 3 nitrogen and oxygen atoms in total. The van der Waals surface area contributed by atoms with Crippen molar-refractivity contribution >= 4 is 5.91 Å². The zero-order valence-electron chi connectivity index (χ0n) is 13.6. The van der Waals surface area contributed by atoms with E-state index < -0.39 is 11.7 Å². The molecular weight excluding hydrogens is 305 g/mol. The van der Waals surface area contributed by atoms with Crippen LogP contribution in [0.4, 0.5) is 13.2 Å². The molecule has 0 spiro atoms. The standard InChI is InChI=1S/C17H23F3N2O/c1-21(2)11-14-4-3-9-22(12-14)16(23)10-13-5-7-15(8-6-13)17(18,19)20/h5-8,14H,3-4,9-12H2,1-2H3. The molecule has 1 atom stereocenters. The maximum Gasteiger partial charge on any atom is 0.416 e. The average molecular weight is 328 g/mol. The first-order valence-electron chi connectivity index (χ1n) is 7.84. The fraction of sp³-hybridized carbons (Fsp3) is 0.588. The van der Waals surface area contributed by atoms with Gasteiger partial charge in [-0.3, -0.25) is 4.79 Å². The van der Waals surface area contributed by atoms with E-state index >= 15 is 0 Å². The Morgan fingerprint density at radius 1 is 1.26 bits per heavy atom. The summed E-state index contributed by atoms with van der Waals surface area (Å²) >= 11 is 0. The molecule has 1 amide bonds. The maximum atomic E-state index is 12.5. The SMILES string of the molecule is CN(C)CC1CCCN(C(=O)Cc2ccc(C(F)(F)F)cc2)C1. The monoisotopic (exact) mass is 328 g/mol. The van der Waals surface area contributed by atoms with Gasteiger partial charge in [0.2, 0.25) is 5.91 Å². The molecule has 0 N–H and O–H groups in total. The fourth-order valence-electron chi connectivity index (χ4n) is 3.06. The van der Waals surface area contributed by atoms with Gasteiger partial charge >= 0.3 is 6.18 Å². The zero-order chi connectivity index (χ0) is 17.0. The summed E-state index contributed by atoms with van der Waals surface area (Å²) in [6.07, 6.45) is -2.08. The summed E-state index contributed by atoms with van der Waals surface area (Å²) in [4.78, 5) is 16.3. The third kappa shape index (κ3) is 5.23. The second-order valence-corrected chi connectivity index (χ2v) is 6.48. The van der Waals surface area contributed by atoms with Crippen LogP contribution in [0.5, 0.6) is 0 Å². The van der Waals surface area contributed by atoms with Crippen molar-refractivity contribution < 1.29 is 18.0 Å². The Morgan fingerprint density at radius 2 is 1.91 bits per heavy atom. The van der Waals surface area contributed by atoms with E-state index in [2.05, 4.69) is 4.90 Å². The summed E-state index contributed by atoms with van der Waals surface area (Å²) in [5.74, 6) is 0.462. The first-order valence-corrected chi connectivity index (χ1v) is 7.84. The van der Waals surface area contributed by atoms with Gasteiger partial charge in [-0.15, -0.1) is 0 Å². The van der Waals surface area contributed by atoms with E-state index in [1.807, 2.05) is 19.0 Å². The van der Waals surface area contributed by atoms with Crippen molar-refractivity contribution in [3.05, 3.63) is 35.4 Å². The molecule has 6 heteroatoms. The van der Waals surface area contributed by atoms with Crippen molar-refractivity contribution in [1.29, 1.82) is 0 Å². The second-order valence-electron chi connectivity index (χ2n) is 6.48. The Hall–Kier alpha value is -1.56. The van der Waals surface area contributed by atoms with E-state index in [4.69, 9.17) is 0 Å². The smallest absolute Gasteiger partial charge is 0.342 e. The molecule has 1 aromatic rings. The van der Waals surface area contributed by atoms with Crippen molar-refractivity contribution in [2.75, 3.05) is 33.7 Å². The number of amides is 1. The minimum absolute atomic E-state index is 0.00628. The molecule has 1 aliphatic heterocycles. The van der Waals surface area contributed by atoms with Crippen LogP contribution in [-0.2, 0) is 17.4 Å². The Labute approximate surface area is 135 Å². The minimum Gasteiger partial charge on any atom is -0.342 e. The molecule has 0 bridgehead atoms. The van der Waals surface area contributed by atoms with Gasteiger partial charge < -0.3 is 9.80 Å². The first kappa shape index (κ1) is 17.8. The van der Waals surface area contributed by atoms with Crippen LogP contribution in [0.25, 0.3) is 0 Å². The van der Waals surface area contributed by atoms with E-state index in [1.54, 1.807) is 0 Å². The highest BCUT2D eigenvalue weighted by Gasteiger charge is 2.30. The number of alkyl halides is 3. The number of halogens is 3. The van der Waals surface area contributed by atoms with Gasteiger partial charge in [-0.05, 0) is 50.6 Å². The lowest BCUT2D eigenvalue weighted by atomic mass is 9.97. The predicted molar refractivity (Wildman–Crippen MR) is 83.0 cm³/mol. The van der Waals surface area contributed by atoms with Gasteiger partial charge in [-0.25, -0.2) is 0 Å². The normalized spacial score (nSPS) is 19.2. The quantitative estimate of drug-likeness (QED) is 0.848. The van der Waals surface area contributed by atoms with E-state index in [1.165, 1.54) is 12.1 Å². The average Bonchev–Trinajstić information content (AvgIpc) is 2.46. The van der Waals surface area contributed by atoms with Crippen LogP contribution < -0.4 is 0 Å². The molecule has 1 aliphatic rings. The lowest BCUT2D eigenvalue weighted by Crippen LogP contribution is -2.43. The Kier molecular flexibility index (Phi) is 5.68. The fourth-order valence-corrected chi connectivity index (χ4v) is 3.06. The van der Waals surface area contributed by atoms with E-state index in [0.717, 1.165) is 44.6 Å². The molecule has 1 unspecified atom stereocenters. The minimum atomic E-state index is -4.34. The van der Waals surface area contributed by atoms with Crippen molar-refractivity contribution in [1.82, 2.24) is 9.80 Å². The summed E-state index contributed by atoms with van der Waals surface area (Å²) < 4.78 is 37.6. The molecule has 1 aromatic carbocycles. The number of hydrogen-bond acceptors (Lipinski definition) is 2. The van der Waals surface area contributed by atoms with Crippen LogP contribution in [0.15, 0.2) is 24.3 Å². The lowest BCUT2D eigenvalue weighted by molar-refractivity contribution is -0.137. The Bertz CT molecular complexity index is 526. The third-order valence-corrected chi connectivity index (χ3v) is 4.13. The number of hydrogen-bond donors (Lipinski definition) is 0. The summed E-state index contributed by atoms with van der Waals surface area (Å²) in [6.45, 7) is 2.42. The first-order chi connectivity index (χ1) is 10.8. The molecule has 0 saturated carbocycles. The number of nitrogens with zero attached hydrogens (tertiary/aromatic N) is 2. The number of likely N-dealkylation sites (tertiary alicyclic amines) is 1. The van der Waals surface area contributed by atoms with Crippen LogP contribution >= 0.6 is 0 Å². The van der Waals surface area contributed by atoms with Gasteiger partial charge in [0.25, 0.3) is 0 Å². The number of benzene rings is 1. The van der Waals surface area contributed by atoms with Gasteiger partial charge in [0.15, 0.2) is 0 Å². The molecule has 0 aliphatic carbocycles. The number of carbonyl (C=O) groups excluding carboxylic acids is 1. The maximum absolute atomic E-state index is 12.5. The van der Waals surface area contributed by atoms with Gasteiger partial charge in [0, 0.05) is 19.6 Å². The van der Waals surface area contributed by atoms with Crippen LogP contribution in [0.2, 0.25) is 0 Å². The molecule has 0 aromatic heterocycles. The molecular formula is C17H23F3N2O. The van der Waals surface area contributed by atoms with Gasteiger partial charge in [-0.1, -0.05) is 12.1 Å². The predicted octanol–water partition coefficient (Wildman–Crippen LogP) is 3.05. The molecule has 1 saturated heterocycles.